The van der Waals surface area contributed by atoms with Gasteiger partial charge in [-0.25, -0.2) is 0 Å². The number of fused-ring (bicyclic) bond motifs is 1. The van der Waals surface area contributed by atoms with E-state index in [-0.39, 0.29) is 5.97 Å². The lowest BCUT2D eigenvalue weighted by molar-refractivity contribution is -0.139. The third kappa shape index (κ3) is 1.91. The van der Waals surface area contributed by atoms with Gasteiger partial charge in [0.05, 0.1) is 13.5 Å². The lowest BCUT2D eigenvalue weighted by atomic mass is 9.98. The Kier molecular flexibility index (Phi) is 2.91. The van der Waals surface area contributed by atoms with Gasteiger partial charge >= 0.3 is 5.97 Å². The Bertz CT molecular complexity index is 524. The highest BCUT2D eigenvalue weighted by Gasteiger charge is 2.07. The first-order chi connectivity index (χ1) is 7.72. The molecule has 0 heterocycles. The van der Waals surface area contributed by atoms with Crippen molar-refractivity contribution in [3.63, 3.8) is 0 Å². The van der Waals surface area contributed by atoms with E-state index in [4.69, 9.17) is 4.74 Å². The lowest BCUT2D eigenvalue weighted by Crippen LogP contribution is -2.05. The fourth-order valence-electron chi connectivity index (χ4n) is 1.99. The summed E-state index contributed by atoms with van der Waals surface area (Å²) in [6, 6.07) is 12.2. The number of benzene rings is 2. The lowest BCUT2D eigenvalue weighted by Gasteiger charge is -2.08. The standard InChI is InChI=1S/C14H14O2/c1-10-5-3-6-11-7-4-8-12(14(10)11)9-13(15)16-2/h3-8H,9H2,1-2H3. The van der Waals surface area contributed by atoms with E-state index >= 15 is 0 Å². The highest BCUT2D eigenvalue weighted by Crippen LogP contribution is 2.23. The van der Waals surface area contributed by atoms with Gasteiger partial charge in [0, 0.05) is 0 Å². The highest BCUT2D eigenvalue weighted by molar-refractivity contribution is 5.91. The quantitative estimate of drug-likeness (QED) is 0.718. The molecule has 0 bridgehead atoms. The Balaban J connectivity index is 2.56. The minimum Gasteiger partial charge on any atom is -0.469 e. The Morgan fingerprint density at radius 3 is 2.56 bits per heavy atom. The molecule has 0 radical (unpaired) electrons. The van der Waals surface area contributed by atoms with Crippen LogP contribution in [0.15, 0.2) is 36.4 Å². The third-order valence-electron chi connectivity index (χ3n) is 2.76. The smallest absolute Gasteiger partial charge is 0.309 e. The predicted molar refractivity (Wildman–Crippen MR) is 64.4 cm³/mol. The molecule has 0 saturated heterocycles. The fraction of sp³-hybridized carbons (Fsp3) is 0.214. The van der Waals surface area contributed by atoms with E-state index < -0.39 is 0 Å². The van der Waals surface area contributed by atoms with Crippen LogP contribution in [0.25, 0.3) is 10.8 Å². The van der Waals surface area contributed by atoms with Crippen LogP contribution in [0.5, 0.6) is 0 Å². The van der Waals surface area contributed by atoms with E-state index in [0.717, 1.165) is 10.9 Å². The summed E-state index contributed by atoms with van der Waals surface area (Å²) in [5, 5.41) is 2.33. The zero-order valence-electron chi connectivity index (χ0n) is 9.49. The second kappa shape index (κ2) is 4.35. The Morgan fingerprint density at radius 1 is 1.19 bits per heavy atom. The first kappa shape index (κ1) is 10.7. The van der Waals surface area contributed by atoms with Gasteiger partial charge in [0.25, 0.3) is 0 Å². The molecule has 16 heavy (non-hydrogen) atoms. The van der Waals surface area contributed by atoms with Crippen LogP contribution in [0.1, 0.15) is 11.1 Å². The van der Waals surface area contributed by atoms with Crippen molar-refractivity contribution in [2.24, 2.45) is 0 Å². The number of carbonyl (C=O) groups excluding carboxylic acids is 1. The van der Waals surface area contributed by atoms with Crippen molar-refractivity contribution in [1.29, 1.82) is 0 Å². The molecule has 2 aromatic carbocycles. The normalized spacial score (nSPS) is 10.4. The molecule has 82 valence electrons. The second-order valence-corrected chi connectivity index (χ2v) is 3.84. The van der Waals surface area contributed by atoms with Crippen LogP contribution in [0.2, 0.25) is 0 Å². The number of hydrogen-bond acceptors (Lipinski definition) is 2. The summed E-state index contributed by atoms with van der Waals surface area (Å²) in [6.45, 7) is 2.06. The van der Waals surface area contributed by atoms with E-state index in [2.05, 4.69) is 25.1 Å². The van der Waals surface area contributed by atoms with Crippen molar-refractivity contribution in [3.05, 3.63) is 47.5 Å². The van der Waals surface area contributed by atoms with Crippen molar-refractivity contribution in [3.8, 4) is 0 Å². The maximum absolute atomic E-state index is 11.3. The van der Waals surface area contributed by atoms with Gasteiger partial charge in [0.1, 0.15) is 0 Å². The molecule has 2 rings (SSSR count). The SMILES string of the molecule is COC(=O)Cc1cccc2cccc(C)c12. The molecular formula is C14H14O2. The Morgan fingerprint density at radius 2 is 1.88 bits per heavy atom. The van der Waals surface area contributed by atoms with Gasteiger partial charge in [-0.15, -0.1) is 0 Å². The van der Waals surface area contributed by atoms with Crippen LogP contribution in [0.3, 0.4) is 0 Å². The van der Waals surface area contributed by atoms with Gasteiger partial charge in [0.2, 0.25) is 0 Å². The Hall–Kier alpha value is -1.83. The second-order valence-electron chi connectivity index (χ2n) is 3.84. The first-order valence-electron chi connectivity index (χ1n) is 5.26. The van der Waals surface area contributed by atoms with Crippen LogP contribution in [0.4, 0.5) is 0 Å². The topological polar surface area (TPSA) is 26.3 Å². The van der Waals surface area contributed by atoms with Crippen molar-refractivity contribution in [2.75, 3.05) is 7.11 Å². The summed E-state index contributed by atoms with van der Waals surface area (Å²) in [7, 11) is 1.42. The van der Waals surface area contributed by atoms with E-state index in [0.29, 0.717) is 6.42 Å². The molecule has 0 saturated carbocycles. The summed E-state index contributed by atoms with van der Waals surface area (Å²) in [6.07, 6.45) is 0.332. The van der Waals surface area contributed by atoms with Gasteiger partial charge in [-0.3, -0.25) is 4.79 Å². The van der Waals surface area contributed by atoms with Gasteiger partial charge in [-0.2, -0.15) is 0 Å². The largest absolute Gasteiger partial charge is 0.469 e. The van der Waals surface area contributed by atoms with Crippen molar-refractivity contribution in [1.82, 2.24) is 0 Å². The molecule has 0 amide bonds. The average molecular weight is 214 g/mol. The molecular weight excluding hydrogens is 200 g/mol. The summed E-state index contributed by atoms with van der Waals surface area (Å²) < 4.78 is 4.70. The summed E-state index contributed by atoms with van der Waals surface area (Å²) in [5.41, 5.74) is 2.22. The molecule has 0 aliphatic carbocycles. The van der Waals surface area contributed by atoms with Gasteiger partial charge in [-0.05, 0) is 28.8 Å². The molecule has 0 N–H and O–H groups in total. The van der Waals surface area contributed by atoms with Crippen LogP contribution in [-0.2, 0) is 16.0 Å². The summed E-state index contributed by atoms with van der Waals surface area (Å²) >= 11 is 0. The fourth-order valence-corrected chi connectivity index (χ4v) is 1.99. The number of ether oxygens (including phenoxy) is 1. The molecule has 0 aliphatic rings. The molecule has 0 atom stereocenters. The van der Waals surface area contributed by atoms with E-state index in [1.54, 1.807) is 0 Å². The van der Waals surface area contributed by atoms with E-state index in [1.165, 1.54) is 18.1 Å². The number of rotatable bonds is 2. The minimum atomic E-state index is -0.198. The Labute approximate surface area is 94.8 Å². The summed E-state index contributed by atoms with van der Waals surface area (Å²) in [4.78, 5) is 11.3. The van der Waals surface area contributed by atoms with E-state index in [1.807, 2.05) is 18.2 Å². The third-order valence-corrected chi connectivity index (χ3v) is 2.76. The van der Waals surface area contributed by atoms with E-state index in [9.17, 15) is 4.79 Å². The molecule has 2 nitrogen and oxygen atoms in total. The molecule has 2 heteroatoms. The molecule has 0 aliphatic heterocycles. The molecule has 0 spiro atoms. The van der Waals surface area contributed by atoms with Crippen LogP contribution >= 0.6 is 0 Å². The zero-order chi connectivity index (χ0) is 11.5. The number of aryl methyl sites for hydroxylation is 1. The summed E-state index contributed by atoms with van der Waals surface area (Å²) in [5.74, 6) is -0.198. The number of esters is 1. The van der Waals surface area contributed by atoms with Crippen LogP contribution in [0, 0.1) is 6.92 Å². The molecule has 0 unspecified atom stereocenters. The van der Waals surface area contributed by atoms with Gasteiger partial charge in [-0.1, -0.05) is 36.4 Å². The molecule has 0 fully saturated rings. The van der Waals surface area contributed by atoms with Crippen LogP contribution in [-0.4, -0.2) is 13.1 Å². The molecule has 2 aromatic rings. The number of carbonyl (C=O) groups is 1. The molecule has 0 aromatic heterocycles. The zero-order valence-corrected chi connectivity index (χ0v) is 9.49. The van der Waals surface area contributed by atoms with Gasteiger partial charge in [0.15, 0.2) is 0 Å². The highest BCUT2D eigenvalue weighted by atomic mass is 16.5. The monoisotopic (exact) mass is 214 g/mol. The van der Waals surface area contributed by atoms with Crippen molar-refractivity contribution in [2.45, 2.75) is 13.3 Å². The van der Waals surface area contributed by atoms with Crippen molar-refractivity contribution >= 4 is 16.7 Å². The van der Waals surface area contributed by atoms with Crippen LogP contribution < -0.4 is 0 Å². The predicted octanol–water partition coefficient (Wildman–Crippen LogP) is 2.86. The number of hydrogen-bond donors (Lipinski definition) is 0. The van der Waals surface area contributed by atoms with Gasteiger partial charge < -0.3 is 4.74 Å². The maximum atomic E-state index is 11.3. The number of methoxy groups -OCH3 is 1. The average Bonchev–Trinajstić information content (AvgIpc) is 2.29. The minimum absolute atomic E-state index is 0.198. The van der Waals surface area contributed by atoms with Crippen molar-refractivity contribution < 1.29 is 9.53 Å². The maximum Gasteiger partial charge on any atom is 0.309 e. The first-order valence-corrected chi connectivity index (χ1v) is 5.26.